The number of hydrogen-bond donors (Lipinski definition) is 7. The lowest BCUT2D eigenvalue weighted by molar-refractivity contribution is 0.282. The van der Waals surface area contributed by atoms with Crippen molar-refractivity contribution in [3.05, 3.63) is 76.7 Å². The smallest absolute Gasteiger partial charge is 0.397 e. The van der Waals surface area contributed by atoms with Gasteiger partial charge in [-0.1, -0.05) is 0 Å². The van der Waals surface area contributed by atoms with E-state index in [1.807, 2.05) is 0 Å². The van der Waals surface area contributed by atoms with Crippen molar-refractivity contribution in [3.63, 3.8) is 0 Å². The highest BCUT2D eigenvalue weighted by molar-refractivity contribution is 7.91. The van der Waals surface area contributed by atoms with E-state index in [0.29, 0.717) is 18.2 Å². The molecular weight excluding hydrogens is 973 g/mol. The van der Waals surface area contributed by atoms with Crippen LogP contribution in [0.15, 0.2) is 105 Å². The number of nitrogens with zero attached hydrogens (tertiary/aromatic N) is 5. The van der Waals surface area contributed by atoms with E-state index >= 15 is 0 Å². The molecule has 340 valence electrons. The lowest BCUT2D eigenvalue weighted by Crippen LogP contribution is -2.16. The SMILES string of the molecule is Cc1[nH]n(-c2ccc(S(=O)(=O)CCOS(=O)(=O)O)cc2)c(=O)c1N=Nc1ccc(S(=O)(=O)O)c2cc(S(=O)(=O)O)c(N=Nc3cc(S(=O)(=O)CCOS(=O)(=O)O)ccc3O)c(O)c12. The van der Waals surface area contributed by atoms with Crippen LogP contribution in [0.5, 0.6) is 11.5 Å². The van der Waals surface area contributed by atoms with Crippen LogP contribution in [0.4, 0.5) is 22.7 Å². The summed E-state index contributed by atoms with van der Waals surface area (Å²) in [6.45, 7) is -0.598. The number of nitrogens with one attached hydrogen (secondary N) is 1. The molecule has 0 saturated heterocycles. The van der Waals surface area contributed by atoms with Gasteiger partial charge >= 0.3 is 20.8 Å². The molecule has 5 rings (SSSR count). The highest BCUT2D eigenvalue weighted by Gasteiger charge is 2.28. The summed E-state index contributed by atoms with van der Waals surface area (Å²) in [6.07, 6.45) is 0. The first-order chi connectivity index (χ1) is 28.9. The molecule has 4 aromatic carbocycles. The molecule has 1 heterocycles. The average Bonchev–Trinajstić information content (AvgIpc) is 3.43. The Kier molecular flexibility index (Phi) is 13.5. The van der Waals surface area contributed by atoms with E-state index < -0.39 is 151 Å². The fourth-order valence-electron chi connectivity index (χ4n) is 5.38. The number of benzene rings is 4. The third-order valence-electron chi connectivity index (χ3n) is 8.19. The molecule has 0 aliphatic rings. The van der Waals surface area contributed by atoms with Crippen LogP contribution < -0.4 is 5.56 Å². The van der Waals surface area contributed by atoms with Crippen molar-refractivity contribution in [3.8, 4) is 17.2 Å². The zero-order valence-electron chi connectivity index (χ0n) is 31.1. The van der Waals surface area contributed by atoms with Gasteiger partial charge in [-0.05, 0) is 67.6 Å². The molecule has 0 aliphatic carbocycles. The molecule has 0 unspecified atom stereocenters. The third kappa shape index (κ3) is 11.5. The van der Waals surface area contributed by atoms with Crippen molar-refractivity contribution in [2.24, 2.45) is 20.5 Å². The number of H-pyrrole nitrogens is 1. The third-order valence-corrected chi connectivity index (χ3v) is 14.3. The second-order valence-corrected chi connectivity index (χ2v) is 21.6. The number of aromatic hydroxyl groups is 2. The normalized spacial score (nSPS) is 13.4. The van der Waals surface area contributed by atoms with Gasteiger partial charge in [-0.15, -0.1) is 20.5 Å². The van der Waals surface area contributed by atoms with Gasteiger partial charge in [0.05, 0.1) is 57.0 Å². The van der Waals surface area contributed by atoms with Crippen molar-refractivity contribution < 1.29 is 87.3 Å². The Morgan fingerprint density at radius 3 is 1.65 bits per heavy atom. The van der Waals surface area contributed by atoms with Gasteiger partial charge in [0, 0.05) is 5.39 Å². The van der Waals surface area contributed by atoms with Crippen LogP contribution in [0.1, 0.15) is 5.69 Å². The summed E-state index contributed by atoms with van der Waals surface area (Å²) in [4.78, 5) is 10.1. The largest absolute Gasteiger partial charge is 0.506 e. The van der Waals surface area contributed by atoms with E-state index in [0.717, 1.165) is 35.0 Å². The predicted molar refractivity (Wildman–Crippen MR) is 212 cm³/mol. The monoisotopic (exact) mass is 1000 g/mol. The van der Waals surface area contributed by atoms with Gasteiger partial charge in [0.25, 0.3) is 25.8 Å². The maximum Gasteiger partial charge on any atom is 0.397 e. The number of aromatic amines is 1. The number of rotatable bonds is 17. The summed E-state index contributed by atoms with van der Waals surface area (Å²) >= 11 is 0. The summed E-state index contributed by atoms with van der Waals surface area (Å²) in [5.74, 6) is -4.00. The highest BCUT2D eigenvalue weighted by atomic mass is 32.3. The molecule has 27 nitrogen and oxygen atoms in total. The molecule has 0 radical (unpaired) electrons. The average molecular weight is 1000 g/mol. The Hall–Kier alpha value is -5.59. The number of fused-ring (bicyclic) bond motifs is 1. The molecule has 63 heavy (non-hydrogen) atoms. The van der Waals surface area contributed by atoms with Crippen molar-refractivity contribution in [2.45, 2.75) is 26.5 Å². The Morgan fingerprint density at radius 2 is 1.11 bits per heavy atom. The molecule has 33 heteroatoms. The molecule has 1 aromatic heterocycles. The Balaban J connectivity index is 1.60. The lowest BCUT2D eigenvalue weighted by Gasteiger charge is -2.12. The minimum absolute atomic E-state index is 0.0176. The van der Waals surface area contributed by atoms with Crippen molar-refractivity contribution in [1.82, 2.24) is 9.78 Å². The maximum atomic E-state index is 13.5. The zero-order valence-corrected chi connectivity index (χ0v) is 36.0. The Bertz CT molecular complexity index is 3480. The van der Waals surface area contributed by atoms with Gasteiger partial charge in [0.1, 0.15) is 26.9 Å². The number of hydrogen-bond acceptors (Lipinski definition) is 21. The lowest BCUT2D eigenvalue weighted by atomic mass is 10.1. The fourth-order valence-corrected chi connectivity index (χ4v) is 9.70. The summed E-state index contributed by atoms with van der Waals surface area (Å²) < 4.78 is 190. The van der Waals surface area contributed by atoms with E-state index in [-0.39, 0.29) is 16.3 Å². The second-order valence-electron chi connectivity index (χ2n) is 12.4. The standard InChI is InChI=1S/C30H28N6O21S6/c1-16-27(30(39)36(35-16)17-2-4-18(5-3-17)58(40,41)12-10-56-62(50,51)52)33-31-21-7-9-24(60(44,45)46)20-15-25(61(47,48)49)28(29(38)26(20)21)34-32-22-14-19(6-8-23(22)37)59(42,43)13-11-57-63(53,54)55/h2-9,14-15,35,37-38H,10-13H2,1H3,(H,44,45,46)(H,47,48,49)(H,50,51,52)(H,53,54,55). The van der Waals surface area contributed by atoms with Crippen molar-refractivity contribution in [2.75, 3.05) is 24.7 Å². The number of sulfone groups is 2. The quantitative estimate of drug-likeness (QED) is 0.0520. The number of phenols is 2. The molecule has 0 fully saturated rings. The number of aryl methyl sites for hydroxylation is 1. The molecule has 0 amide bonds. The molecule has 0 bridgehead atoms. The highest BCUT2D eigenvalue weighted by Crippen LogP contribution is 2.47. The van der Waals surface area contributed by atoms with Gasteiger partial charge in [0.2, 0.25) is 0 Å². The number of phenolic OH excluding ortho intramolecular Hbond substituents is 2. The number of azo groups is 2. The first kappa shape index (κ1) is 48.4. The fraction of sp³-hybridized carbons (Fsp3) is 0.167. The maximum absolute atomic E-state index is 13.5. The molecule has 0 atom stereocenters. The topological polar surface area (TPSA) is 432 Å². The van der Waals surface area contributed by atoms with Crippen LogP contribution in [0.3, 0.4) is 0 Å². The minimum atomic E-state index is -5.51. The zero-order chi connectivity index (χ0) is 47.1. The Labute approximate surface area is 355 Å². The van der Waals surface area contributed by atoms with E-state index in [1.165, 1.54) is 19.1 Å². The first-order valence-corrected chi connectivity index (χ1v) is 25.4. The minimum Gasteiger partial charge on any atom is -0.506 e. The van der Waals surface area contributed by atoms with Crippen LogP contribution in [-0.2, 0) is 69.1 Å². The molecular formula is C30H28N6O21S6. The van der Waals surface area contributed by atoms with Crippen LogP contribution in [0.2, 0.25) is 0 Å². The van der Waals surface area contributed by atoms with Crippen LogP contribution in [0.25, 0.3) is 16.5 Å². The van der Waals surface area contributed by atoms with Crippen LogP contribution in [0, 0.1) is 6.92 Å². The molecule has 0 spiro atoms. The first-order valence-electron chi connectivity index (χ1n) is 16.4. The predicted octanol–water partition coefficient (Wildman–Crippen LogP) is 2.55. The summed E-state index contributed by atoms with van der Waals surface area (Å²) in [5.41, 5.74) is -3.77. The van der Waals surface area contributed by atoms with E-state index in [1.54, 1.807) is 0 Å². The molecule has 5 aromatic rings. The van der Waals surface area contributed by atoms with Crippen LogP contribution >= 0.6 is 0 Å². The van der Waals surface area contributed by atoms with Gasteiger partial charge in [-0.25, -0.2) is 29.9 Å². The van der Waals surface area contributed by atoms with Gasteiger partial charge in [0.15, 0.2) is 31.1 Å². The van der Waals surface area contributed by atoms with Crippen molar-refractivity contribution in [1.29, 1.82) is 0 Å². The molecule has 7 N–H and O–H groups in total. The van der Waals surface area contributed by atoms with Crippen LogP contribution in [-0.4, -0.2) is 113 Å². The van der Waals surface area contributed by atoms with Crippen molar-refractivity contribution >= 4 is 94.2 Å². The second kappa shape index (κ2) is 17.5. The summed E-state index contributed by atoms with van der Waals surface area (Å²) in [5, 5.41) is 37.8. The Morgan fingerprint density at radius 1 is 0.603 bits per heavy atom. The van der Waals surface area contributed by atoms with Gasteiger partial charge in [-0.3, -0.25) is 28.1 Å². The molecule has 0 aliphatic heterocycles. The summed E-state index contributed by atoms with van der Waals surface area (Å²) in [6, 6.07) is 8.72. The van der Waals surface area contributed by atoms with E-state index in [4.69, 9.17) is 9.11 Å². The summed E-state index contributed by atoms with van der Waals surface area (Å²) in [7, 11) is -29.3. The van der Waals surface area contributed by atoms with E-state index in [2.05, 4.69) is 33.9 Å². The van der Waals surface area contributed by atoms with Gasteiger partial charge in [-0.2, -0.15) is 33.7 Å². The van der Waals surface area contributed by atoms with Gasteiger partial charge < -0.3 is 10.2 Å². The van der Waals surface area contributed by atoms with E-state index in [9.17, 15) is 74.6 Å². The number of aromatic nitrogens is 2. The molecule has 0 saturated carbocycles.